The second-order valence-electron chi connectivity index (χ2n) is 5.92. The average molecular weight is 361 g/mol. The number of nitrogens with one attached hydrogen (secondary N) is 1. The van der Waals surface area contributed by atoms with Gasteiger partial charge >= 0.3 is 0 Å². The van der Waals surface area contributed by atoms with Crippen molar-refractivity contribution in [3.05, 3.63) is 15.1 Å². The molecule has 4 heteroatoms. The number of hydrogen-bond acceptors (Lipinski definition) is 3. The Hall–Kier alpha value is -0.390. The standard InChI is InChI=1S/C14H24IN3/c1-7-8-16-13-10(15)11(14(4,5)6)17-12(18-13)9(2)3/h9H,7-8H2,1-6H3,(H,16,17,18). The molecule has 0 spiro atoms. The molecule has 0 aliphatic carbocycles. The van der Waals surface area contributed by atoms with Crippen LogP contribution >= 0.6 is 22.6 Å². The Morgan fingerprint density at radius 3 is 2.28 bits per heavy atom. The first kappa shape index (κ1) is 15.7. The fourth-order valence-corrected chi connectivity index (χ4v) is 2.82. The first-order valence-corrected chi connectivity index (χ1v) is 7.67. The predicted molar refractivity (Wildman–Crippen MR) is 86.3 cm³/mol. The zero-order chi connectivity index (χ0) is 13.9. The van der Waals surface area contributed by atoms with Gasteiger partial charge in [0.05, 0.1) is 9.26 Å². The van der Waals surface area contributed by atoms with E-state index in [2.05, 4.69) is 74.4 Å². The highest BCUT2D eigenvalue weighted by molar-refractivity contribution is 14.1. The zero-order valence-corrected chi connectivity index (χ0v) is 14.4. The van der Waals surface area contributed by atoms with Crippen LogP contribution in [0.5, 0.6) is 0 Å². The molecule has 0 aliphatic heterocycles. The maximum atomic E-state index is 4.75. The lowest BCUT2D eigenvalue weighted by Gasteiger charge is -2.23. The summed E-state index contributed by atoms with van der Waals surface area (Å²) in [5.41, 5.74) is 1.19. The van der Waals surface area contributed by atoms with Crippen molar-refractivity contribution < 1.29 is 0 Å². The van der Waals surface area contributed by atoms with Crippen LogP contribution in [-0.2, 0) is 5.41 Å². The molecule has 1 rings (SSSR count). The highest BCUT2D eigenvalue weighted by Gasteiger charge is 2.23. The van der Waals surface area contributed by atoms with E-state index in [4.69, 9.17) is 4.98 Å². The van der Waals surface area contributed by atoms with E-state index in [0.717, 1.165) is 33.9 Å². The minimum atomic E-state index is 0.0474. The Kier molecular flexibility index (Phi) is 5.37. The molecule has 1 heterocycles. The van der Waals surface area contributed by atoms with E-state index >= 15 is 0 Å². The monoisotopic (exact) mass is 361 g/mol. The number of hydrogen-bond donors (Lipinski definition) is 1. The molecule has 102 valence electrons. The molecule has 3 nitrogen and oxygen atoms in total. The smallest absolute Gasteiger partial charge is 0.143 e. The molecule has 0 fully saturated rings. The van der Waals surface area contributed by atoms with Crippen LogP contribution in [0.2, 0.25) is 0 Å². The Labute approximate surface area is 124 Å². The van der Waals surface area contributed by atoms with Gasteiger partial charge in [-0.3, -0.25) is 0 Å². The molecule has 18 heavy (non-hydrogen) atoms. The zero-order valence-electron chi connectivity index (χ0n) is 12.3. The first-order chi connectivity index (χ1) is 8.27. The second-order valence-corrected chi connectivity index (χ2v) is 7.00. The van der Waals surface area contributed by atoms with Gasteiger partial charge in [0, 0.05) is 17.9 Å². The van der Waals surface area contributed by atoms with E-state index in [1.165, 1.54) is 0 Å². The molecular weight excluding hydrogens is 337 g/mol. The minimum absolute atomic E-state index is 0.0474. The summed E-state index contributed by atoms with van der Waals surface area (Å²) in [5.74, 6) is 2.27. The molecule has 0 aliphatic rings. The van der Waals surface area contributed by atoms with E-state index in [9.17, 15) is 0 Å². The summed E-state index contributed by atoms with van der Waals surface area (Å²) < 4.78 is 1.15. The number of rotatable bonds is 4. The summed E-state index contributed by atoms with van der Waals surface area (Å²) in [4.78, 5) is 9.41. The lowest BCUT2D eigenvalue weighted by atomic mass is 9.91. The molecule has 1 N–H and O–H groups in total. The van der Waals surface area contributed by atoms with Gasteiger partial charge in [-0.1, -0.05) is 41.5 Å². The van der Waals surface area contributed by atoms with Crippen molar-refractivity contribution in [3.63, 3.8) is 0 Å². The van der Waals surface area contributed by atoms with Crippen molar-refractivity contribution >= 4 is 28.4 Å². The van der Waals surface area contributed by atoms with Gasteiger partial charge in [-0.05, 0) is 29.0 Å². The molecule has 0 radical (unpaired) electrons. The van der Waals surface area contributed by atoms with Crippen LogP contribution in [-0.4, -0.2) is 16.5 Å². The lowest BCUT2D eigenvalue weighted by Crippen LogP contribution is -2.20. The third kappa shape index (κ3) is 3.80. The summed E-state index contributed by atoms with van der Waals surface area (Å²) in [5, 5.41) is 3.41. The largest absolute Gasteiger partial charge is 0.369 e. The fraction of sp³-hybridized carbons (Fsp3) is 0.714. The van der Waals surface area contributed by atoms with E-state index < -0.39 is 0 Å². The van der Waals surface area contributed by atoms with Gasteiger partial charge < -0.3 is 5.32 Å². The molecule has 0 atom stereocenters. The van der Waals surface area contributed by atoms with Gasteiger partial charge in [0.25, 0.3) is 0 Å². The van der Waals surface area contributed by atoms with Crippen LogP contribution in [0.25, 0.3) is 0 Å². The molecule has 0 bridgehead atoms. The molecule has 0 amide bonds. The maximum absolute atomic E-state index is 4.75. The van der Waals surface area contributed by atoms with Crippen molar-refractivity contribution in [2.24, 2.45) is 0 Å². The number of aromatic nitrogens is 2. The third-order valence-electron chi connectivity index (χ3n) is 2.64. The molecule has 0 saturated heterocycles. The van der Waals surface area contributed by atoms with Crippen molar-refractivity contribution in [1.29, 1.82) is 0 Å². The van der Waals surface area contributed by atoms with Crippen molar-refractivity contribution in [3.8, 4) is 0 Å². The van der Waals surface area contributed by atoms with Crippen LogP contribution in [0, 0.1) is 3.57 Å². The second kappa shape index (κ2) is 6.17. The Morgan fingerprint density at radius 2 is 1.83 bits per heavy atom. The highest BCUT2D eigenvalue weighted by atomic mass is 127. The molecule has 0 unspecified atom stereocenters. The SMILES string of the molecule is CCCNc1nc(C(C)C)nc(C(C)(C)C)c1I. The topological polar surface area (TPSA) is 37.8 Å². The number of halogens is 1. The Bertz CT molecular complexity index is 408. The quantitative estimate of drug-likeness (QED) is 0.812. The van der Waals surface area contributed by atoms with Crippen LogP contribution in [0.3, 0.4) is 0 Å². The Morgan fingerprint density at radius 1 is 1.22 bits per heavy atom. The number of nitrogens with zero attached hydrogens (tertiary/aromatic N) is 2. The van der Waals surface area contributed by atoms with Gasteiger partial charge in [0.15, 0.2) is 0 Å². The first-order valence-electron chi connectivity index (χ1n) is 6.59. The normalized spacial score (nSPS) is 12.0. The van der Waals surface area contributed by atoms with E-state index in [1.54, 1.807) is 0 Å². The minimum Gasteiger partial charge on any atom is -0.369 e. The highest BCUT2D eigenvalue weighted by Crippen LogP contribution is 2.30. The van der Waals surface area contributed by atoms with Crippen molar-refractivity contribution in [1.82, 2.24) is 9.97 Å². The van der Waals surface area contributed by atoms with Crippen LogP contribution < -0.4 is 5.32 Å². The van der Waals surface area contributed by atoms with Crippen LogP contribution in [0.15, 0.2) is 0 Å². The van der Waals surface area contributed by atoms with Gasteiger partial charge in [-0.25, -0.2) is 9.97 Å². The molecule has 1 aromatic rings. The van der Waals surface area contributed by atoms with Gasteiger partial charge in [0.1, 0.15) is 11.6 Å². The molecule has 0 saturated carbocycles. The van der Waals surface area contributed by atoms with Crippen LogP contribution in [0.4, 0.5) is 5.82 Å². The summed E-state index contributed by atoms with van der Waals surface area (Å²) >= 11 is 2.36. The van der Waals surface area contributed by atoms with Crippen LogP contribution in [0.1, 0.15) is 65.4 Å². The van der Waals surface area contributed by atoms with E-state index in [-0.39, 0.29) is 5.41 Å². The summed E-state index contributed by atoms with van der Waals surface area (Å²) in [7, 11) is 0. The summed E-state index contributed by atoms with van der Waals surface area (Å²) in [6.07, 6.45) is 1.10. The third-order valence-corrected chi connectivity index (χ3v) is 3.66. The maximum Gasteiger partial charge on any atom is 0.143 e. The predicted octanol–water partition coefficient (Wildman–Crippen LogP) is 4.32. The van der Waals surface area contributed by atoms with Gasteiger partial charge in [-0.2, -0.15) is 0 Å². The van der Waals surface area contributed by atoms with Crippen molar-refractivity contribution in [2.75, 3.05) is 11.9 Å². The average Bonchev–Trinajstić information content (AvgIpc) is 2.25. The van der Waals surface area contributed by atoms with Crippen molar-refractivity contribution in [2.45, 2.75) is 59.3 Å². The van der Waals surface area contributed by atoms with E-state index in [0.29, 0.717) is 5.92 Å². The van der Waals surface area contributed by atoms with E-state index in [1.807, 2.05) is 0 Å². The molecule has 0 aromatic carbocycles. The lowest BCUT2D eigenvalue weighted by molar-refractivity contribution is 0.554. The summed E-state index contributed by atoms with van der Waals surface area (Å²) in [6.45, 7) is 14.0. The van der Waals surface area contributed by atoms with Gasteiger partial charge in [-0.15, -0.1) is 0 Å². The molecule has 1 aromatic heterocycles. The number of anilines is 1. The molecular formula is C14H24IN3. The Balaban J connectivity index is 3.29. The van der Waals surface area contributed by atoms with Gasteiger partial charge in [0.2, 0.25) is 0 Å². The fourth-order valence-electron chi connectivity index (χ4n) is 1.58. The summed E-state index contributed by atoms with van der Waals surface area (Å²) in [6, 6.07) is 0.